The fraction of sp³-hybridized carbons (Fsp3) is 0.667. The van der Waals surface area contributed by atoms with Gasteiger partial charge in [0.2, 0.25) is 5.91 Å². The molecule has 7 heteroatoms. The van der Waals surface area contributed by atoms with Crippen LogP contribution in [0.3, 0.4) is 0 Å². The van der Waals surface area contributed by atoms with E-state index in [9.17, 15) is 4.79 Å². The summed E-state index contributed by atoms with van der Waals surface area (Å²) in [7, 11) is 1.63. The molecule has 1 aromatic heterocycles. The molecule has 1 aromatic rings. The van der Waals surface area contributed by atoms with Gasteiger partial charge in [0.25, 0.3) is 0 Å². The third-order valence-electron chi connectivity index (χ3n) is 2.48. The first kappa shape index (κ1) is 17.9. The van der Waals surface area contributed by atoms with Crippen molar-refractivity contribution in [2.24, 2.45) is 0 Å². The second kappa shape index (κ2) is 10.8. The summed E-state index contributed by atoms with van der Waals surface area (Å²) in [5, 5.41) is 10.0. The van der Waals surface area contributed by atoms with E-state index in [1.54, 1.807) is 13.3 Å². The van der Waals surface area contributed by atoms with Crippen LogP contribution in [-0.4, -0.2) is 42.5 Å². The van der Waals surface area contributed by atoms with E-state index >= 15 is 0 Å². The number of methoxy groups -OCH3 is 1. The SMILES string of the molecule is CCCCn1nccc1NC(=O)CNCCOC.Cl. The van der Waals surface area contributed by atoms with Gasteiger partial charge in [-0.3, -0.25) is 4.79 Å². The zero-order chi connectivity index (χ0) is 13.2. The highest BCUT2D eigenvalue weighted by Crippen LogP contribution is 2.07. The summed E-state index contributed by atoms with van der Waals surface area (Å²) in [6, 6.07) is 1.81. The Bertz CT molecular complexity index is 357. The smallest absolute Gasteiger partial charge is 0.239 e. The number of hydrogen-bond donors (Lipinski definition) is 2. The van der Waals surface area contributed by atoms with Gasteiger partial charge in [-0.05, 0) is 6.42 Å². The number of rotatable bonds is 9. The maximum Gasteiger partial charge on any atom is 0.239 e. The highest BCUT2D eigenvalue weighted by atomic mass is 35.5. The Morgan fingerprint density at radius 1 is 1.53 bits per heavy atom. The van der Waals surface area contributed by atoms with Gasteiger partial charge in [-0.2, -0.15) is 5.10 Å². The number of carbonyl (C=O) groups excluding carboxylic acids is 1. The van der Waals surface area contributed by atoms with Gasteiger partial charge in [-0.25, -0.2) is 4.68 Å². The number of ether oxygens (including phenoxy) is 1. The Morgan fingerprint density at radius 3 is 3.00 bits per heavy atom. The van der Waals surface area contributed by atoms with E-state index in [1.165, 1.54) is 0 Å². The van der Waals surface area contributed by atoms with Crippen molar-refractivity contribution in [1.29, 1.82) is 0 Å². The number of amides is 1. The van der Waals surface area contributed by atoms with Crippen molar-refractivity contribution in [1.82, 2.24) is 15.1 Å². The fourth-order valence-corrected chi connectivity index (χ4v) is 1.49. The first-order valence-electron chi connectivity index (χ1n) is 6.29. The van der Waals surface area contributed by atoms with Gasteiger partial charge in [0.05, 0.1) is 19.3 Å². The number of hydrogen-bond acceptors (Lipinski definition) is 4. The summed E-state index contributed by atoms with van der Waals surface area (Å²) >= 11 is 0. The van der Waals surface area contributed by atoms with Crippen LogP contribution in [-0.2, 0) is 16.1 Å². The minimum absolute atomic E-state index is 0. The minimum atomic E-state index is -0.0654. The van der Waals surface area contributed by atoms with Crippen LogP contribution in [0.25, 0.3) is 0 Å². The van der Waals surface area contributed by atoms with E-state index < -0.39 is 0 Å². The number of nitrogens with one attached hydrogen (secondary N) is 2. The van der Waals surface area contributed by atoms with Crippen LogP contribution in [0.5, 0.6) is 0 Å². The van der Waals surface area contributed by atoms with Crippen molar-refractivity contribution in [2.75, 3.05) is 32.1 Å². The van der Waals surface area contributed by atoms with Crippen LogP contribution in [0, 0.1) is 0 Å². The number of aromatic nitrogens is 2. The summed E-state index contributed by atoms with van der Waals surface area (Å²) in [6.45, 7) is 4.50. The predicted molar refractivity (Wildman–Crippen MR) is 77.8 cm³/mol. The summed E-state index contributed by atoms with van der Waals surface area (Å²) in [5.41, 5.74) is 0. The third kappa shape index (κ3) is 7.15. The minimum Gasteiger partial charge on any atom is -0.383 e. The fourth-order valence-electron chi connectivity index (χ4n) is 1.49. The molecular formula is C12H23ClN4O2. The van der Waals surface area contributed by atoms with Gasteiger partial charge in [0, 0.05) is 26.3 Å². The van der Waals surface area contributed by atoms with Crippen molar-refractivity contribution < 1.29 is 9.53 Å². The van der Waals surface area contributed by atoms with Crippen molar-refractivity contribution in [3.05, 3.63) is 12.3 Å². The lowest BCUT2D eigenvalue weighted by molar-refractivity contribution is -0.115. The van der Waals surface area contributed by atoms with E-state index in [-0.39, 0.29) is 24.9 Å². The zero-order valence-electron chi connectivity index (χ0n) is 11.5. The van der Waals surface area contributed by atoms with Crippen molar-refractivity contribution in [3.63, 3.8) is 0 Å². The maximum absolute atomic E-state index is 11.6. The molecule has 1 amide bonds. The predicted octanol–water partition coefficient (Wildman–Crippen LogP) is 1.28. The molecule has 0 fully saturated rings. The van der Waals surface area contributed by atoms with E-state index in [1.807, 2.05) is 10.7 Å². The molecule has 6 nitrogen and oxygen atoms in total. The highest BCUT2D eigenvalue weighted by molar-refractivity contribution is 5.91. The van der Waals surface area contributed by atoms with Gasteiger partial charge in [0.15, 0.2) is 0 Å². The molecule has 19 heavy (non-hydrogen) atoms. The Hall–Kier alpha value is -1.11. The monoisotopic (exact) mass is 290 g/mol. The van der Waals surface area contributed by atoms with Crippen LogP contribution in [0.4, 0.5) is 5.82 Å². The van der Waals surface area contributed by atoms with Gasteiger partial charge in [-0.1, -0.05) is 13.3 Å². The standard InChI is InChI=1S/C12H22N4O2.ClH/c1-3-4-8-16-11(5-6-14-16)15-12(17)10-13-7-9-18-2;/h5-6,13H,3-4,7-10H2,1-2H3,(H,15,17);1H. The van der Waals surface area contributed by atoms with E-state index in [0.29, 0.717) is 13.2 Å². The van der Waals surface area contributed by atoms with Gasteiger partial charge in [-0.15, -0.1) is 12.4 Å². The number of halogens is 1. The Balaban J connectivity index is 0.00000324. The highest BCUT2D eigenvalue weighted by Gasteiger charge is 2.06. The van der Waals surface area contributed by atoms with E-state index in [2.05, 4.69) is 22.7 Å². The Morgan fingerprint density at radius 2 is 2.32 bits per heavy atom. The molecule has 0 spiro atoms. The van der Waals surface area contributed by atoms with Crippen molar-refractivity contribution in [2.45, 2.75) is 26.3 Å². The average Bonchev–Trinajstić information content (AvgIpc) is 2.79. The topological polar surface area (TPSA) is 68.2 Å². The quantitative estimate of drug-likeness (QED) is 0.672. The molecule has 0 aliphatic rings. The number of aryl methyl sites for hydroxylation is 1. The lowest BCUT2D eigenvalue weighted by atomic mass is 10.3. The largest absolute Gasteiger partial charge is 0.383 e. The van der Waals surface area contributed by atoms with Crippen LogP contribution in [0.2, 0.25) is 0 Å². The summed E-state index contributed by atoms with van der Waals surface area (Å²) in [4.78, 5) is 11.6. The van der Waals surface area contributed by atoms with Crippen LogP contribution >= 0.6 is 12.4 Å². The maximum atomic E-state index is 11.6. The molecule has 0 unspecified atom stereocenters. The normalized spacial score (nSPS) is 10.0. The number of unbranched alkanes of at least 4 members (excludes halogenated alkanes) is 1. The molecule has 0 saturated carbocycles. The lowest BCUT2D eigenvalue weighted by Gasteiger charge is -2.09. The first-order valence-corrected chi connectivity index (χ1v) is 6.29. The summed E-state index contributed by atoms with van der Waals surface area (Å²) in [5.74, 6) is 0.686. The van der Waals surface area contributed by atoms with E-state index in [4.69, 9.17) is 4.74 Å². The Labute approximate surface area is 120 Å². The number of carbonyl (C=O) groups is 1. The molecule has 110 valence electrons. The molecule has 0 aliphatic heterocycles. The van der Waals surface area contributed by atoms with Crippen molar-refractivity contribution in [3.8, 4) is 0 Å². The number of anilines is 1. The lowest BCUT2D eigenvalue weighted by Crippen LogP contribution is -2.31. The van der Waals surface area contributed by atoms with E-state index in [0.717, 1.165) is 25.2 Å². The Kier molecular flexibility index (Phi) is 10.1. The molecule has 0 aliphatic carbocycles. The molecule has 0 radical (unpaired) electrons. The molecule has 0 atom stereocenters. The van der Waals surface area contributed by atoms with Crippen molar-refractivity contribution >= 4 is 24.1 Å². The van der Waals surface area contributed by atoms with Crippen LogP contribution < -0.4 is 10.6 Å². The molecule has 1 rings (SSSR count). The average molecular weight is 291 g/mol. The summed E-state index contributed by atoms with van der Waals surface area (Å²) in [6.07, 6.45) is 3.85. The number of nitrogens with zero attached hydrogens (tertiary/aromatic N) is 2. The summed E-state index contributed by atoms with van der Waals surface area (Å²) < 4.78 is 6.70. The molecule has 2 N–H and O–H groups in total. The van der Waals surface area contributed by atoms with Gasteiger partial charge < -0.3 is 15.4 Å². The molecule has 0 bridgehead atoms. The molecule has 0 saturated heterocycles. The molecular weight excluding hydrogens is 268 g/mol. The van der Waals surface area contributed by atoms with Gasteiger partial charge >= 0.3 is 0 Å². The second-order valence-corrected chi connectivity index (χ2v) is 4.01. The third-order valence-corrected chi connectivity index (χ3v) is 2.48. The molecule has 0 aromatic carbocycles. The first-order chi connectivity index (χ1) is 8.77. The van der Waals surface area contributed by atoms with Gasteiger partial charge in [0.1, 0.15) is 5.82 Å². The zero-order valence-corrected chi connectivity index (χ0v) is 12.3. The van der Waals surface area contributed by atoms with Crippen LogP contribution in [0.15, 0.2) is 12.3 Å². The van der Waals surface area contributed by atoms with Crippen LogP contribution in [0.1, 0.15) is 19.8 Å². The second-order valence-electron chi connectivity index (χ2n) is 4.01. The molecule has 1 heterocycles.